The molecule has 0 amide bonds. The lowest BCUT2D eigenvalue weighted by Crippen LogP contribution is -2.15. The van der Waals surface area contributed by atoms with E-state index in [1.807, 2.05) is 0 Å². The van der Waals surface area contributed by atoms with Gasteiger partial charge >= 0.3 is 5.69 Å². The van der Waals surface area contributed by atoms with Crippen LogP contribution in [0.5, 0.6) is 5.75 Å². The molecule has 102 valence electrons. The zero-order valence-electron chi connectivity index (χ0n) is 10.2. The van der Waals surface area contributed by atoms with E-state index in [0.29, 0.717) is 5.56 Å². The van der Waals surface area contributed by atoms with Gasteiger partial charge < -0.3 is 4.74 Å². The molecule has 0 saturated carbocycles. The van der Waals surface area contributed by atoms with Crippen LogP contribution in [-0.4, -0.2) is 10.2 Å². The van der Waals surface area contributed by atoms with E-state index >= 15 is 0 Å². The number of carbonyl (C=O) groups excluding carboxylic acids is 1. The fourth-order valence-electron chi connectivity index (χ4n) is 1.71. The summed E-state index contributed by atoms with van der Waals surface area (Å²) < 4.78 is 5.43. The standard InChI is InChI=1S/C14H10ClNO4/c15-14(17)13(10-6-2-1-3-7-10)20-12-9-5-4-8-11(12)16(18)19/h1-9,13H. The Labute approximate surface area is 119 Å². The summed E-state index contributed by atoms with van der Waals surface area (Å²) in [5.74, 6) is 0.000327. The van der Waals surface area contributed by atoms with Crippen molar-refractivity contribution in [2.45, 2.75) is 6.10 Å². The van der Waals surface area contributed by atoms with Gasteiger partial charge in [-0.05, 0) is 17.7 Å². The van der Waals surface area contributed by atoms with E-state index in [1.54, 1.807) is 36.4 Å². The van der Waals surface area contributed by atoms with Crippen molar-refractivity contribution in [3.8, 4) is 5.75 Å². The molecule has 2 aromatic rings. The molecule has 20 heavy (non-hydrogen) atoms. The minimum atomic E-state index is -1.08. The lowest BCUT2D eigenvalue weighted by molar-refractivity contribution is -0.386. The summed E-state index contributed by atoms with van der Waals surface area (Å²) in [5, 5.41) is 10.2. The summed E-state index contributed by atoms with van der Waals surface area (Å²) >= 11 is 5.53. The van der Waals surface area contributed by atoms with Gasteiger partial charge in [0.2, 0.25) is 0 Å². The molecule has 5 nitrogen and oxygen atoms in total. The number of carbonyl (C=O) groups is 1. The van der Waals surface area contributed by atoms with Gasteiger partial charge in [0, 0.05) is 11.6 Å². The number of halogens is 1. The molecule has 0 aliphatic carbocycles. The van der Waals surface area contributed by atoms with E-state index in [9.17, 15) is 14.9 Å². The third-order valence-electron chi connectivity index (χ3n) is 2.62. The topological polar surface area (TPSA) is 69.4 Å². The van der Waals surface area contributed by atoms with Crippen LogP contribution in [0.3, 0.4) is 0 Å². The number of benzene rings is 2. The predicted molar refractivity (Wildman–Crippen MR) is 73.8 cm³/mol. The second-order valence-corrected chi connectivity index (χ2v) is 4.31. The normalized spacial score (nSPS) is 11.7. The monoisotopic (exact) mass is 291 g/mol. The van der Waals surface area contributed by atoms with Crippen molar-refractivity contribution < 1.29 is 14.5 Å². The van der Waals surface area contributed by atoms with Crippen LogP contribution in [0.25, 0.3) is 0 Å². The molecule has 0 N–H and O–H groups in total. The number of para-hydroxylation sites is 2. The van der Waals surface area contributed by atoms with Crippen LogP contribution in [0, 0.1) is 10.1 Å². The predicted octanol–water partition coefficient (Wildman–Crippen LogP) is 3.48. The Hall–Kier alpha value is -2.40. The Morgan fingerprint density at radius 2 is 1.70 bits per heavy atom. The summed E-state index contributed by atoms with van der Waals surface area (Å²) in [5.41, 5.74) is 0.317. The van der Waals surface area contributed by atoms with Crippen molar-refractivity contribution in [3.63, 3.8) is 0 Å². The molecular formula is C14H10ClNO4. The SMILES string of the molecule is O=C(Cl)C(Oc1ccccc1[N+](=O)[O-])c1ccccc1. The van der Waals surface area contributed by atoms with Crippen molar-refractivity contribution in [2.75, 3.05) is 0 Å². The highest BCUT2D eigenvalue weighted by Crippen LogP contribution is 2.31. The lowest BCUT2D eigenvalue weighted by Gasteiger charge is -2.15. The highest BCUT2D eigenvalue weighted by molar-refractivity contribution is 6.64. The summed E-state index contributed by atoms with van der Waals surface area (Å²) in [4.78, 5) is 21.8. The Balaban J connectivity index is 2.35. The van der Waals surface area contributed by atoms with Gasteiger partial charge in [-0.1, -0.05) is 42.5 Å². The van der Waals surface area contributed by atoms with Gasteiger partial charge in [-0.2, -0.15) is 0 Å². The van der Waals surface area contributed by atoms with Crippen LogP contribution in [0.1, 0.15) is 11.7 Å². The van der Waals surface area contributed by atoms with Gasteiger partial charge in [-0.3, -0.25) is 14.9 Å². The highest BCUT2D eigenvalue weighted by atomic mass is 35.5. The first kappa shape index (κ1) is 14.0. The van der Waals surface area contributed by atoms with E-state index in [2.05, 4.69) is 0 Å². The Kier molecular flexibility index (Phi) is 4.32. The zero-order valence-corrected chi connectivity index (χ0v) is 11.0. The second kappa shape index (κ2) is 6.16. The molecule has 0 heterocycles. The zero-order chi connectivity index (χ0) is 14.5. The fourth-order valence-corrected chi connectivity index (χ4v) is 1.88. The Bertz CT molecular complexity index is 630. The molecule has 0 aliphatic heterocycles. The molecule has 2 rings (SSSR count). The number of nitro benzene ring substituents is 1. The van der Waals surface area contributed by atoms with Gasteiger partial charge in [0.05, 0.1) is 4.92 Å². The van der Waals surface area contributed by atoms with E-state index < -0.39 is 16.3 Å². The second-order valence-electron chi connectivity index (χ2n) is 3.94. The van der Waals surface area contributed by atoms with E-state index in [4.69, 9.17) is 16.3 Å². The van der Waals surface area contributed by atoms with E-state index in [-0.39, 0.29) is 11.4 Å². The number of ether oxygens (including phenoxy) is 1. The first-order valence-corrected chi connectivity index (χ1v) is 6.12. The lowest BCUT2D eigenvalue weighted by atomic mass is 10.1. The maximum Gasteiger partial charge on any atom is 0.310 e. The van der Waals surface area contributed by atoms with Crippen LogP contribution < -0.4 is 4.74 Å². The molecule has 0 fully saturated rings. The number of nitrogens with zero attached hydrogens (tertiary/aromatic N) is 1. The quantitative estimate of drug-likeness (QED) is 0.480. The number of hydrogen-bond donors (Lipinski definition) is 0. The first-order valence-electron chi connectivity index (χ1n) is 5.74. The van der Waals surface area contributed by atoms with Crippen LogP contribution in [-0.2, 0) is 4.79 Å². The minimum absolute atomic E-state index is 0.000327. The summed E-state index contributed by atoms with van der Waals surface area (Å²) in [7, 11) is 0. The smallest absolute Gasteiger partial charge is 0.310 e. The molecular weight excluding hydrogens is 282 g/mol. The number of nitro groups is 1. The van der Waals surface area contributed by atoms with Crippen LogP contribution in [0.4, 0.5) is 5.69 Å². The van der Waals surface area contributed by atoms with Crippen molar-refractivity contribution in [3.05, 3.63) is 70.3 Å². The average molecular weight is 292 g/mol. The molecule has 0 aromatic heterocycles. The third kappa shape index (κ3) is 3.13. The van der Waals surface area contributed by atoms with Crippen molar-refractivity contribution in [2.24, 2.45) is 0 Å². The van der Waals surface area contributed by atoms with Crippen LogP contribution in [0.2, 0.25) is 0 Å². The molecule has 0 saturated heterocycles. The molecule has 1 unspecified atom stereocenters. The minimum Gasteiger partial charge on any atom is -0.469 e. The largest absolute Gasteiger partial charge is 0.469 e. The molecule has 1 atom stereocenters. The van der Waals surface area contributed by atoms with Crippen LogP contribution >= 0.6 is 11.6 Å². The maximum atomic E-state index is 11.5. The molecule has 6 heteroatoms. The highest BCUT2D eigenvalue weighted by Gasteiger charge is 2.24. The van der Waals surface area contributed by atoms with E-state index in [1.165, 1.54) is 18.2 Å². The van der Waals surface area contributed by atoms with Gasteiger partial charge in [0.25, 0.3) is 5.24 Å². The summed E-state index contributed by atoms with van der Waals surface area (Å²) in [6.07, 6.45) is -1.08. The molecule has 0 radical (unpaired) electrons. The number of rotatable bonds is 5. The van der Waals surface area contributed by atoms with Gasteiger partial charge in [0.1, 0.15) is 0 Å². The summed E-state index contributed by atoms with van der Waals surface area (Å²) in [6, 6.07) is 14.4. The van der Waals surface area contributed by atoms with Gasteiger partial charge in [-0.25, -0.2) is 0 Å². The Morgan fingerprint density at radius 1 is 1.10 bits per heavy atom. The van der Waals surface area contributed by atoms with Crippen molar-refractivity contribution in [1.82, 2.24) is 0 Å². The average Bonchev–Trinajstić information content (AvgIpc) is 2.45. The van der Waals surface area contributed by atoms with Gasteiger partial charge in [0.15, 0.2) is 11.9 Å². The first-order chi connectivity index (χ1) is 9.59. The van der Waals surface area contributed by atoms with Gasteiger partial charge in [-0.15, -0.1) is 0 Å². The van der Waals surface area contributed by atoms with Crippen molar-refractivity contribution in [1.29, 1.82) is 0 Å². The third-order valence-corrected chi connectivity index (χ3v) is 2.81. The molecule has 2 aromatic carbocycles. The number of hydrogen-bond acceptors (Lipinski definition) is 4. The maximum absolute atomic E-state index is 11.5. The molecule has 0 aliphatic rings. The van der Waals surface area contributed by atoms with Crippen LogP contribution in [0.15, 0.2) is 54.6 Å². The summed E-state index contributed by atoms with van der Waals surface area (Å²) in [6.45, 7) is 0. The molecule has 0 bridgehead atoms. The Morgan fingerprint density at radius 3 is 2.30 bits per heavy atom. The molecule has 0 spiro atoms. The van der Waals surface area contributed by atoms with E-state index in [0.717, 1.165) is 0 Å². The fraction of sp³-hybridized carbons (Fsp3) is 0.0714. The van der Waals surface area contributed by atoms with Crippen molar-refractivity contribution >= 4 is 22.5 Å².